The highest BCUT2D eigenvalue weighted by atomic mass is 16.5. The number of carbonyl (C=O) groups excluding carboxylic acids is 2. The van der Waals surface area contributed by atoms with Crippen molar-refractivity contribution in [3.63, 3.8) is 0 Å². The fourth-order valence-electron chi connectivity index (χ4n) is 3.66. The first-order chi connectivity index (χ1) is 14.9. The Bertz CT molecular complexity index is 1180. The lowest BCUT2D eigenvalue weighted by Gasteiger charge is -2.22. The van der Waals surface area contributed by atoms with Gasteiger partial charge in [-0.2, -0.15) is 0 Å². The number of anilines is 1. The molecule has 0 aliphatic heterocycles. The lowest BCUT2D eigenvalue weighted by molar-refractivity contribution is -0.119. The molecule has 1 heterocycles. The van der Waals surface area contributed by atoms with Gasteiger partial charge in [-0.3, -0.25) is 14.2 Å². The number of carbonyl (C=O) groups is 2. The van der Waals surface area contributed by atoms with Gasteiger partial charge < -0.3 is 14.8 Å². The third kappa shape index (κ3) is 4.45. The van der Waals surface area contributed by atoms with Crippen LogP contribution in [-0.4, -0.2) is 30.2 Å². The predicted molar refractivity (Wildman–Crippen MR) is 120 cm³/mol. The van der Waals surface area contributed by atoms with Crippen LogP contribution >= 0.6 is 0 Å². The van der Waals surface area contributed by atoms with Crippen molar-refractivity contribution < 1.29 is 19.1 Å². The number of ether oxygens (including phenoxy) is 2. The number of nitrogens with zero attached hydrogens (tertiary/aromatic N) is 1. The maximum Gasteiger partial charge on any atom is 0.338 e. The zero-order valence-corrected chi connectivity index (χ0v) is 18.1. The second-order valence-electron chi connectivity index (χ2n) is 7.11. The zero-order chi connectivity index (χ0) is 22.5. The summed E-state index contributed by atoms with van der Waals surface area (Å²) < 4.78 is 12.0. The van der Waals surface area contributed by atoms with E-state index in [-0.39, 0.29) is 18.1 Å². The van der Waals surface area contributed by atoms with Gasteiger partial charge in [0.2, 0.25) is 5.91 Å². The van der Waals surface area contributed by atoms with Crippen molar-refractivity contribution in [1.82, 2.24) is 4.57 Å². The van der Waals surface area contributed by atoms with Gasteiger partial charge in [-0.15, -0.1) is 0 Å². The normalized spacial score (nSPS) is 11.7. The molecule has 0 bridgehead atoms. The number of pyridine rings is 1. The van der Waals surface area contributed by atoms with Gasteiger partial charge in [0.05, 0.1) is 24.8 Å². The molecule has 31 heavy (non-hydrogen) atoms. The molecule has 3 rings (SSSR count). The van der Waals surface area contributed by atoms with E-state index < -0.39 is 12.0 Å². The SMILES string of the molecule is CCOC(=O)c1cccc(NC(=O)C(CC)n2c(=O)cc(C)c3cccc(OC)c32)c1. The smallest absolute Gasteiger partial charge is 0.338 e. The molecule has 0 aliphatic rings. The molecule has 2 aromatic carbocycles. The van der Waals surface area contributed by atoms with Crippen molar-refractivity contribution in [2.45, 2.75) is 33.2 Å². The Morgan fingerprint density at radius 1 is 1.10 bits per heavy atom. The average Bonchev–Trinajstić information content (AvgIpc) is 2.76. The van der Waals surface area contributed by atoms with E-state index in [1.54, 1.807) is 37.3 Å². The van der Waals surface area contributed by atoms with Crippen molar-refractivity contribution in [2.24, 2.45) is 0 Å². The molecular weight excluding hydrogens is 396 g/mol. The number of aryl methyl sites for hydroxylation is 1. The summed E-state index contributed by atoms with van der Waals surface area (Å²) in [5.74, 6) is -0.299. The fraction of sp³-hybridized carbons (Fsp3) is 0.292. The summed E-state index contributed by atoms with van der Waals surface area (Å²) >= 11 is 0. The average molecular weight is 422 g/mol. The molecule has 7 nitrogen and oxygen atoms in total. The molecule has 0 fully saturated rings. The van der Waals surface area contributed by atoms with Crippen LogP contribution in [0.4, 0.5) is 5.69 Å². The standard InChI is InChI=1S/C24H26N2O5/c1-5-19(23(28)25-17-10-7-9-16(14-17)24(29)31-6-2)26-21(27)13-15(3)18-11-8-12-20(30-4)22(18)26/h7-14,19H,5-6H2,1-4H3,(H,25,28). The van der Waals surface area contributed by atoms with Crippen molar-refractivity contribution >= 4 is 28.5 Å². The van der Waals surface area contributed by atoms with Crippen molar-refractivity contribution in [1.29, 1.82) is 0 Å². The van der Waals surface area contributed by atoms with E-state index >= 15 is 0 Å². The molecule has 0 saturated heterocycles. The topological polar surface area (TPSA) is 86.6 Å². The molecule has 1 unspecified atom stereocenters. The Balaban J connectivity index is 2.03. The summed E-state index contributed by atoms with van der Waals surface area (Å²) in [5.41, 5.74) is 1.90. The van der Waals surface area contributed by atoms with Crippen molar-refractivity contribution in [3.05, 3.63) is 70.0 Å². The van der Waals surface area contributed by atoms with Gasteiger partial charge in [-0.1, -0.05) is 25.1 Å². The lowest BCUT2D eigenvalue weighted by Crippen LogP contribution is -2.33. The van der Waals surface area contributed by atoms with Gasteiger partial charge in [0.25, 0.3) is 5.56 Å². The number of hydrogen-bond acceptors (Lipinski definition) is 5. The molecule has 1 N–H and O–H groups in total. The Morgan fingerprint density at radius 3 is 2.52 bits per heavy atom. The van der Waals surface area contributed by atoms with Crippen molar-refractivity contribution in [2.75, 3.05) is 19.0 Å². The van der Waals surface area contributed by atoms with Crippen LogP contribution in [0.1, 0.15) is 42.2 Å². The zero-order valence-electron chi connectivity index (χ0n) is 18.1. The fourth-order valence-corrected chi connectivity index (χ4v) is 3.66. The van der Waals surface area contributed by atoms with E-state index in [0.717, 1.165) is 10.9 Å². The van der Waals surface area contributed by atoms with Crippen LogP contribution in [0.25, 0.3) is 10.9 Å². The molecule has 0 spiro atoms. The number of para-hydroxylation sites is 1. The second-order valence-corrected chi connectivity index (χ2v) is 7.11. The molecule has 1 aromatic heterocycles. The molecular formula is C24H26N2O5. The van der Waals surface area contributed by atoms with Crippen LogP contribution < -0.4 is 15.6 Å². The van der Waals surface area contributed by atoms with Crippen LogP contribution in [0, 0.1) is 6.92 Å². The third-order valence-corrected chi connectivity index (χ3v) is 5.10. The summed E-state index contributed by atoms with van der Waals surface area (Å²) in [6, 6.07) is 12.8. The van der Waals surface area contributed by atoms with Crippen LogP contribution in [0.15, 0.2) is 53.3 Å². The summed E-state index contributed by atoms with van der Waals surface area (Å²) in [4.78, 5) is 38.2. The first kappa shape index (κ1) is 22.1. The van der Waals surface area contributed by atoms with E-state index in [4.69, 9.17) is 9.47 Å². The number of aromatic nitrogens is 1. The predicted octanol–water partition coefficient (Wildman–Crippen LogP) is 4.09. The third-order valence-electron chi connectivity index (χ3n) is 5.10. The van der Waals surface area contributed by atoms with Crippen LogP contribution in [0.2, 0.25) is 0 Å². The minimum absolute atomic E-state index is 0.262. The van der Waals surface area contributed by atoms with Gasteiger partial charge in [0.1, 0.15) is 11.8 Å². The highest BCUT2D eigenvalue weighted by Crippen LogP contribution is 2.29. The molecule has 0 aliphatic carbocycles. The lowest BCUT2D eigenvalue weighted by atomic mass is 10.1. The van der Waals surface area contributed by atoms with E-state index in [0.29, 0.717) is 28.9 Å². The van der Waals surface area contributed by atoms with E-state index in [9.17, 15) is 14.4 Å². The maximum atomic E-state index is 13.2. The number of amides is 1. The number of hydrogen-bond donors (Lipinski definition) is 1. The Kier molecular flexibility index (Phi) is 6.74. The van der Waals surface area contributed by atoms with Gasteiger partial charge in [0, 0.05) is 17.1 Å². The largest absolute Gasteiger partial charge is 0.495 e. The second kappa shape index (κ2) is 9.47. The summed E-state index contributed by atoms with van der Waals surface area (Å²) in [5, 5.41) is 3.67. The number of fused-ring (bicyclic) bond motifs is 1. The summed E-state index contributed by atoms with van der Waals surface area (Å²) in [6.45, 7) is 5.69. The molecule has 1 atom stereocenters. The van der Waals surface area contributed by atoms with Crippen LogP contribution in [0.5, 0.6) is 5.75 Å². The van der Waals surface area contributed by atoms with E-state index in [1.165, 1.54) is 17.7 Å². The summed E-state index contributed by atoms with van der Waals surface area (Å²) in [7, 11) is 1.54. The number of rotatable bonds is 7. The molecule has 1 amide bonds. The highest BCUT2D eigenvalue weighted by Gasteiger charge is 2.24. The van der Waals surface area contributed by atoms with Gasteiger partial charge in [-0.05, 0) is 50.1 Å². The first-order valence-corrected chi connectivity index (χ1v) is 10.2. The highest BCUT2D eigenvalue weighted by molar-refractivity contribution is 5.97. The number of esters is 1. The van der Waals surface area contributed by atoms with Gasteiger partial charge >= 0.3 is 5.97 Å². The quantitative estimate of drug-likeness (QED) is 0.580. The number of methoxy groups -OCH3 is 1. The Morgan fingerprint density at radius 2 is 1.84 bits per heavy atom. The minimum atomic E-state index is -0.766. The van der Waals surface area contributed by atoms with Gasteiger partial charge in [0.15, 0.2) is 0 Å². The monoisotopic (exact) mass is 422 g/mol. The molecule has 162 valence electrons. The molecule has 7 heteroatoms. The molecule has 3 aromatic rings. The van der Waals surface area contributed by atoms with Crippen LogP contribution in [0.3, 0.4) is 0 Å². The van der Waals surface area contributed by atoms with E-state index in [2.05, 4.69) is 5.32 Å². The maximum absolute atomic E-state index is 13.2. The Hall–Kier alpha value is -3.61. The molecule has 0 radical (unpaired) electrons. The first-order valence-electron chi connectivity index (χ1n) is 10.2. The number of nitrogens with one attached hydrogen (secondary N) is 1. The van der Waals surface area contributed by atoms with E-state index in [1.807, 2.05) is 26.0 Å². The Labute approximate surface area is 180 Å². The van der Waals surface area contributed by atoms with Gasteiger partial charge in [-0.25, -0.2) is 4.79 Å². The van der Waals surface area contributed by atoms with Crippen molar-refractivity contribution in [3.8, 4) is 5.75 Å². The van der Waals surface area contributed by atoms with Crippen LogP contribution in [-0.2, 0) is 9.53 Å². The molecule has 0 saturated carbocycles. The summed E-state index contributed by atoms with van der Waals surface area (Å²) in [6.07, 6.45) is 0.388. The number of benzene rings is 2. The minimum Gasteiger partial charge on any atom is -0.495 e.